The molecule has 2 rings (SSSR count). The first-order valence-electron chi connectivity index (χ1n) is 9.02. The van der Waals surface area contributed by atoms with Gasteiger partial charge in [0.05, 0.1) is 0 Å². The van der Waals surface area contributed by atoms with Gasteiger partial charge in [-0.3, -0.25) is 0 Å². The summed E-state index contributed by atoms with van der Waals surface area (Å²) < 4.78 is 0. The summed E-state index contributed by atoms with van der Waals surface area (Å²) in [6.45, 7) is 16.1. The summed E-state index contributed by atoms with van der Waals surface area (Å²) in [7, 11) is 0. The van der Waals surface area contributed by atoms with Gasteiger partial charge in [0.25, 0.3) is 0 Å². The van der Waals surface area contributed by atoms with Crippen LogP contribution in [0.25, 0.3) is 0 Å². The molecule has 2 saturated heterocycles. The van der Waals surface area contributed by atoms with Crippen molar-refractivity contribution in [3.63, 3.8) is 0 Å². The average molecular weight is 281 g/mol. The van der Waals surface area contributed by atoms with Crippen molar-refractivity contribution in [3.8, 4) is 0 Å². The molecule has 0 aromatic heterocycles. The first-order chi connectivity index (χ1) is 9.56. The highest BCUT2D eigenvalue weighted by Crippen LogP contribution is 2.33. The molecule has 0 atom stereocenters. The Hall–Kier alpha value is -0.0800. The minimum Gasteiger partial charge on any atom is -0.303 e. The Morgan fingerprint density at radius 3 is 1.75 bits per heavy atom. The van der Waals surface area contributed by atoms with Gasteiger partial charge in [0.2, 0.25) is 0 Å². The summed E-state index contributed by atoms with van der Waals surface area (Å²) in [6.07, 6.45) is 7.20. The summed E-state index contributed by atoms with van der Waals surface area (Å²) in [4.78, 5) is 5.37. The number of hydrogen-bond acceptors (Lipinski definition) is 2. The van der Waals surface area contributed by atoms with Crippen molar-refractivity contribution < 1.29 is 0 Å². The Bertz CT molecular complexity index is 259. The second-order valence-corrected chi connectivity index (χ2v) is 7.83. The fraction of sp³-hybridized carbons (Fsp3) is 1.00. The molecule has 0 aromatic rings. The Morgan fingerprint density at radius 2 is 1.30 bits per heavy atom. The van der Waals surface area contributed by atoms with Crippen LogP contribution in [0.5, 0.6) is 0 Å². The zero-order chi connectivity index (χ0) is 14.5. The van der Waals surface area contributed by atoms with Crippen molar-refractivity contribution >= 4 is 0 Å². The lowest BCUT2D eigenvalue weighted by Crippen LogP contribution is -2.43. The third-order valence-corrected chi connectivity index (χ3v) is 5.63. The van der Waals surface area contributed by atoms with E-state index in [9.17, 15) is 0 Å². The van der Waals surface area contributed by atoms with Gasteiger partial charge in [0, 0.05) is 6.04 Å². The van der Waals surface area contributed by atoms with E-state index in [-0.39, 0.29) is 0 Å². The predicted octanol–water partition coefficient (Wildman–Crippen LogP) is 3.86. The Morgan fingerprint density at radius 1 is 0.800 bits per heavy atom. The minimum atomic E-state index is 0.744. The van der Waals surface area contributed by atoms with Crippen molar-refractivity contribution in [1.82, 2.24) is 9.80 Å². The van der Waals surface area contributed by atoms with Crippen LogP contribution in [0, 0.1) is 17.8 Å². The van der Waals surface area contributed by atoms with Crippen LogP contribution in [0.4, 0.5) is 0 Å². The molecular weight excluding hydrogens is 244 g/mol. The van der Waals surface area contributed by atoms with Gasteiger partial charge in [-0.15, -0.1) is 0 Å². The van der Waals surface area contributed by atoms with Crippen LogP contribution < -0.4 is 0 Å². The lowest BCUT2D eigenvalue weighted by atomic mass is 9.78. The SMILES string of the molecule is CC(C)CCN1CCC(C2CCN(C(C)C)CC2)CC1. The largest absolute Gasteiger partial charge is 0.303 e. The second-order valence-electron chi connectivity index (χ2n) is 7.83. The second kappa shape index (κ2) is 7.79. The summed E-state index contributed by atoms with van der Waals surface area (Å²) in [5.41, 5.74) is 0. The molecule has 0 spiro atoms. The number of likely N-dealkylation sites (tertiary alicyclic amines) is 2. The molecule has 2 aliphatic rings. The molecule has 2 nitrogen and oxygen atoms in total. The summed E-state index contributed by atoms with van der Waals surface area (Å²) in [5, 5.41) is 0. The highest BCUT2D eigenvalue weighted by molar-refractivity contribution is 4.83. The Labute approximate surface area is 126 Å². The third kappa shape index (κ3) is 4.73. The van der Waals surface area contributed by atoms with E-state index in [0.717, 1.165) is 23.8 Å². The molecule has 2 heteroatoms. The number of nitrogens with zero attached hydrogens (tertiary/aromatic N) is 2. The molecular formula is C18H36N2. The van der Waals surface area contributed by atoms with Crippen LogP contribution in [0.2, 0.25) is 0 Å². The Balaban J connectivity index is 1.67. The van der Waals surface area contributed by atoms with Crippen molar-refractivity contribution in [3.05, 3.63) is 0 Å². The van der Waals surface area contributed by atoms with Crippen molar-refractivity contribution in [1.29, 1.82) is 0 Å². The van der Waals surface area contributed by atoms with E-state index in [0.29, 0.717) is 0 Å². The van der Waals surface area contributed by atoms with Gasteiger partial charge < -0.3 is 9.80 Å². The molecule has 20 heavy (non-hydrogen) atoms. The molecule has 0 aromatic carbocycles. The average Bonchev–Trinajstić information content (AvgIpc) is 2.46. The van der Waals surface area contributed by atoms with Gasteiger partial charge in [-0.2, -0.15) is 0 Å². The van der Waals surface area contributed by atoms with Gasteiger partial charge in [-0.1, -0.05) is 13.8 Å². The standard InChI is InChI=1S/C18H36N2/c1-15(2)5-10-19-11-6-17(7-12-19)18-8-13-20(14-9-18)16(3)4/h15-18H,5-14H2,1-4H3. The fourth-order valence-electron chi connectivity index (χ4n) is 4.00. The molecule has 2 heterocycles. The van der Waals surface area contributed by atoms with E-state index >= 15 is 0 Å². The van der Waals surface area contributed by atoms with E-state index in [1.165, 1.54) is 64.8 Å². The molecule has 0 unspecified atom stereocenters. The number of piperidine rings is 2. The summed E-state index contributed by atoms with van der Waals surface area (Å²) >= 11 is 0. The molecule has 2 fully saturated rings. The molecule has 0 bridgehead atoms. The third-order valence-electron chi connectivity index (χ3n) is 5.63. The molecule has 0 saturated carbocycles. The van der Waals surface area contributed by atoms with Gasteiger partial charge >= 0.3 is 0 Å². The normalized spacial score (nSPS) is 24.9. The first-order valence-corrected chi connectivity index (χ1v) is 9.02. The topological polar surface area (TPSA) is 6.48 Å². The van der Waals surface area contributed by atoms with E-state index in [2.05, 4.69) is 37.5 Å². The quantitative estimate of drug-likeness (QED) is 0.754. The van der Waals surface area contributed by atoms with Gasteiger partial charge in [-0.05, 0) is 96.4 Å². The Kier molecular flexibility index (Phi) is 6.35. The van der Waals surface area contributed by atoms with Crippen molar-refractivity contribution in [2.75, 3.05) is 32.7 Å². The highest BCUT2D eigenvalue weighted by Gasteiger charge is 2.29. The molecule has 0 radical (unpaired) electrons. The lowest BCUT2D eigenvalue weighted by Gasteiger charge is -2.41. The maximum absolute atomic E-state index is 2.71. The molecule has 0 amide bonds. The molecule has 0 N–H and O–H groups in total. The molecule has 2 aliphatic heterocycles. The highest BCUT2D eigenvalue weighted by atomic mass is 15.2. The van der Waals surface area contributed by atoms with Crippen LogP contribution in [-0.2, 0) is 0 Å². The van der Waals surface area contributed by atoms with Gasteiger partial charge in [0.1, 0.15) is 0 Å². The first kappa shape index (κ1) is 16.3. The molecule has 0 aliphatic carbocycles. The van der Waals surface area contributed by atoms with Crippen LogP contribution >= 0.6 is 0 Å². The van der Waals surface area contributed by atoms with Crippen molar-refractivity contribution in [2.24, 2.45) is 17.8 Å². The van der Waals surface area contributed by atoms with Crippen LogP contribution in [-0.4, -0.2) is 48.6 Å². The molecule has 118 valence electrons. The smallest absolute Gasteiger partial charge is 0.00385 e. The van der Waals surface area contributed by atoms with E-state index in [1.54, 1.807) is 0 Å². The minimum absolute atomic E-state index is 0.744. The maximum Gasteiger partial charge on any atom is 0.00385 e. The van der Waals surface area contributed by atoms with Gasteiger partial charge in [-0.25, -0.2) is 0 Å². The monoisotopic (exact) mass is 280 g/mol. The maximum atomic E-state index is 2.71. The predicted molar refractivity (Wildman–Crippen MR) is 88.1 cm³/mol. The van der Waals surface area contributed by atoms with E-state index < -0.39 is 0 Å². The van der Waals surface area contributed by atoms with Gasteiger partial charge in [0.15, 0.2) is 0 Å². The summed E-state index contributed by atoms with van der Waals surface area (Å²) in [5.74, 6) is 2.91. The van der Waals surface area contributed by atoms with E-state index in [4.69, 9.17) is 0 Å². The van der Waals surface area contributed by atoms with Crippen molar-refractivity contribution in [2.45, 2.75) is 65.8 Å². The van der Waals surface area contributed by atoms with Crippen LogP contribution in [0.15, 0.2) is 0 Å². The zero-order valence-corrected chi connectivity index (χ0v) is 14.3. The number of hydrogen-bond donors (Lipinski definition) is 0. The fourth-order valence-corrected chi connectivity index (χ4v) is 4.00. The van der Waals surface area contributed by atoms with E-state index in [1.807, 2.05) is 0 Å². The van der Waals surface area contributed by atoms with Crippen LogP contribution in [0.1, 0.15) is 59.8 Å². The summed E-state index contributed by atoms with van der Waals surface area (Å²) in [6, 6.07) is 0.744. The lowest BCUT2D eigenvalue weighted by molar-refractivity contribution is 0.0825. The van der Waals surface area contributed by atoms with Crippen LogP contribution in [0.3, 0.4) is 0 Å². The number of rotatable bonds is 5. The zero-order valence-electron chi connectivity index (χ0n) is 14.3.